The van der Waals surface area contributed by atoms with Crippen LogP contribution < -0.4 is 15.5 Å². The monoisotopic (exact) mass is 499 g/mol. The van der Waals surface area contributed by atoms with Crippen LogP contribution in [0.3, 0.4) is 0 Å². The van der Waals surface area contributed by atoms with Gasteiger partial charge in [-0.25, -0.2) is 4.98 Å². The maximum atomic E-state index is 13.4. The van der Waals surface area contributed by atoms with Crippen LogP contribution in [0, 0.1) is 0 Å². The van der Waals surface area contributed by atoms with Gasteiger partial charge in [-0.3, -0.25) is 14.7 Å². The van der Waals surface area contributed by atoms with Crippen molar-refractivity contribution in [3.8, 4) is 0 Å². The van der Waals surface area contributed by atoms with Crippen molar-refractivity contribution in [2.45, 2.75) is 33.2 Å². The molecule has 1 fully saturated rings. The molecule has 2 N–H and O–H groups in total. The standard InChI is InChI=1S/C29H37N7O/c1-3-35-17-10-23-21-24(8-9-26(23)35)33-28(32-13-6-16-34-19-14-30-15-20-34)25-11-18-36(29(37)22(25)2)27-7-4-5-12-31-27/h4-5,7-10,12,17,21,30H,3,6,11,13-16,18-20H2,1-2H3,(H,32,33). The second-order valence-electron chi connectivity index (χ2n) is 9.67. The van der Waals surface area contributed by atoms with Crippen LogP contribution in [0.1, 0.15) is 26.7 Å². The van der Waals surface area contributed by atoms with Crippen molar-refractivity contribution in [3.05, 3.63) is 66.0 Å². The summed E-state index contributed by atoms with van der Waals surface area (Å²) < 4.78 is 2.24. The second-order valence-corrected chi connectivity index (χ2v) is 9.67. The smallest absolute Gasteiger partial charge is 0.255 e. The van der Waals surface area contributed by atoms with E-state index in [0.717, 1.165) is 81.3 Å². The number of pyridine rings is 1. The van der Waals surface area contributed by atoms with Gasteiger partial charge in [-0.15, -0.1) is 0 Å². The van der Waals surface area contributed by atoms with Crippen LogP contribution in [0.4, 0.5) is 11.5 Å². The number of aryl methyl sites for hydroxylation is 1. The molecule has 0 atom stereocenters. The highest BCUT2D eigenvalue weighted by Crippen LogP contribution is 2.26. The third-order valence-corrected chi connectivity index (χ3v) is 7.30. The largest absolute Gasteiger partial charge is 0.348 e. The molecular formula is C29H37N7O. The molecule has 2 aromatic heterocycles. The number of amides is 1. The number of hydrogen-bond donors (Lipinski definition) is 2. The molecule has 8 nitrogen and oxygen atoms in total. The molecular weight excluding hydrogens is 462 g/mol. The van der Waals surface area contributed by atoms with Crippen molar-refractivity contribution in [1.29, 1.82) is 0 Å². The summed E-state index contributed by atoms with van der Waals surface area (Å²) in [5.41, 5.74) is 3.92. The van der Waals surface area contributed by atoms with Gasteiger partial charge in [0.2, 0.25) is 0 Å². The fourth-order valence-electron chi connectivity index (χ4n) is 5.19. The summed E-state index contributed by atoms with van der Waals surface area (Å²) in [6, 6.07) is 14.2. The molecule has 1 saturated heterocycles. The first-order valence-corrected chi connectivity index (χ1v) is 13.4. The summed E-state index contributed by atoms with van der Waals surface area (Å²) in [7, 11) is 0. The SMILES string of the molecule is CCn1ccc2cc(NC(=NCCCN3CCNCC3)C3=C(C)C(=O)N(c4ccccn4)CC3)ccc21. The Bertz CT molecular complexity index is 1290. The van der Waals surface area contributed by atoms with E-state index in [2.05, 4.69) is 62.5 Å². The fraction of sp³-hybridized carbons (Fsp3) is 0.414. The number of hydrogen-bond acceptors (Lipinski definition) is 5. The normalized spacial score (nSPS) is 17.6. The zero-order valence-electron chi connectivity index (χ0n) is 21.9. The van der Waals surface area contributed by atoms with Gasteiger partial charge in [-0.05, 0) is 69.6 Å². The van der Waals surface area contributed by atoms with Gasteiger partial charge in [-0.2, -0.15) is 0 Å². The van der Waals surface area contributed by atoms with Gasteiger partial charge in [0, 0.05) is 85.9 Å². The highest BCUT2D eigenvalue weighted by Gasteiger charge is 2.28. The molecule has 5 rings (SSSR count). The van der Waals surface area contributed by atoms with Crippen LogP contribution in [-0.4, -0.2) is 72.0 Å². The number of aliphatic imine (C=N–C) groups is 1. The minimum atomic E-state index is -0.00857. The number of carbonyl (C=O) groups is 1. The van der Waals surface area contributed by atoms with E-state index in [-0.39, 0.29) is 5.91 Å². The predicted octanol–water partition coefficient (Wildman–Crippen LogP) is 3.92. The Morgan fingerprint density at radius 1 is 1.14 bits per heavy atom. The third-order valence-electron chi connectivity index (χ3n) is 7.30. The van der Waals surface area contributed by atoms with Crippen molar-refractivity contribution in [2.24, 2.45) is 4.99 Å². The molecule has 4 heterocycles. The first-order valence-electron chi connectivity index (χ1n) is 13.4. The lowest BCUT2D eigenvalue weighted by atomic mass is 9.98. The number of piperazine rings is 1. The molecule has 37 heavy (non-hydrogen) atoms. The minimum Gasteiger partial charge on any atom is -0.348 e. The number of nitrogens with zero attached hydrogens (tertiary/aromatic N) is 5. The lowest BCUT2D eigenvalue weighted by Gasteiger charge is -2.29. The van der Waals surface area contributed by atoms with Crippen molar-refractivity contribution in [2.75, 3.05) is 56.0 Å². The van der Waals surface area contributed by atoms with Gasteiger partial charge >= 0.3 is 0 Å². The summed E-state index contributed by atoms with van der Waals surface area (Å²) in [6.07, 6.45) is 5.57. The van der Waals surface area contributed by atoms with Gasteiger partial charge in [0.1, 0.15) is 11.7 Å². The molecule has 194 valence electrons. The molecule has 0 saturated carbocycles. The number of aromatic nitrogens is 2. The number of amidine groups is 1. The van der Waals surface area contributed by atoms with E-state index < -0.39 is 0 Å². The van der Waals surface area contributed by atoms with Crippen LogP contribution >= 0.6 is 0 Å². The zero-order valence-corrected chi connectivity index (χ0v) is 21.9. The van der Waals surface area contributed by atoms with Crippen LogP contribution in [0.25, 0.3) is 10.9 Å². The van der Waals surface area contributed by atoms with Crippen LogP contribution in [-0.2, 0) is 11.3 Å². The Hall–Kier alpha value is -3.49. The molecule has 0 bridgehead atoms. The quantitative estimate of drug-likeness (QED) is 0.279. The molecule has 0 unspecified atom stereocenters. The Morgan fingerprint density at radius 3 is 2.78 bits per heavy atom. The average molecular weight is 500 g/mol. The van der Waals surface area contributed by atoms with Crippen molar-refractivity contribution in [3.63, 3.8) is 0 Å². The van der Waals surface area contributed by atoms with Crippen molar-refractivity contribution < 1.29 is 4.79 Å². The van der Waals surface area contributed by atoms with Crippen molar-refractivity contribution in [1.82, 2.24) is 19.8 Å². The maximum absolute atomic E-state index is 13.4. The van der Waals surface area contributed by atoms with E-state index in [1.54, 1.807) is 11.1 Å². The molecule has 0 radical (unpaired) electrons. The van der Waals surface area contributed by atoms with E-state index in [0.29, 0.717) is 12.4 Å². The lowest BCUT2D eigenvalue weighted by Crippen LogP contribution is -2.43. The Labute approximate surface area is 219 Å². The summed E-state index contributed by atoms with van der Waals surface area (Å²) >= 11 is 0. The highest BCUT2D eigenvalue weighted by molar-refractivity contribution is 6.17. The first-order chi connectivity index (χ1) is 18.1. The van der Waals surface area contributed by atoms with E-state index in [1.807, 2.05) is 25.1 Å². The van der Waals surface area contributed by atoms with E-state index in [9.17, 15) is 4.79 Å². The number of nitrogens with one attached hydrogen (secondary N) is 2. The van der Waals surface area contributed by atoms with Gasteiger partial charge in [0.25, 0.3) is 5.91 Å². The Kier molecular flexibility index (Phi) is 7.96. The summed E-state index contributed by atoms with van der Waals surface area (Å²) in [4.78, 5) is 27.0. The van der Waals surface area contributed by atoms with Crippen LogP contribution in [0.2, 0.25) is 0 Å². The predicted molar refractivity (Wildman–Crippen MR) is 151 cm³/mol. The topological polar surface area (TPSA) is 77.8 Å². The van der Waals surface area contributed by atoms with Gasteiger partial charge < -0.3 is 20.1 Å². The summed E-state index contributed by atoms with van der Waals surface area (Å²) in [6.45, 7) is 11.6. The molecule has 0 aliphatic carbocycles. The third kappa shape index (κ3) is 5.76. The second kappa shape index (κ2) is 11.7. The molecule has 0 spiro atoms. The lowest BCUT2D eigenvalue weighted by molar-refractivity contribution is -0.115. The van der Waals surface area contributed by atoms with Gasteiger partial charge in [0.05, 0.1) is 0 Å². The first kappa shape index (κ1) is 25.2. The molecule has 3 aromatic rings. The van der Waals surface area contributed by atoms with Crippen LogP contribution in [0.15, 0.2) is 71.0 Å². The number of anilines is 2. The number of rotatable bonds is 8. The number of carbonyl (C=O) groups excluding carboxylic acids is 1. The minimum absolute atomic E-state index is 0.00857. The van der Waals surface area contributed by atoms with E-state index in [4.69, 9.17) is 4.99 Å². The average Bonchev–Trinajstić information content (AvgIpc) is 3.35. The molecule has 2 aliphatic heterocycles. The fourth-order valence-corrected chi connectivity index (χ4v) is 5.19. The summed E-state index contributed by atoms with van der Waals surface area (Å²) in [5, 5.41) is 8.19. The van der Waals surface area contributed by atoms with E-state index >= 15 is 0 Å². The zero-order chi connectivity index (χ0) is 25.6. The highest BCUT2D eigenvalue weighted by atomic mass is 16.2. The summed E-state index contributed by atoms with van der Waals surface area (Å²) in [5.74, 6) is 1.49. The van der Waals surface area contributed by atoms with Gasteiger partial charge in [0.15, 0.2) is 0 Å². The van der Waals surface area contributed by atoms with E-state index in [1.165, 1.54) is 10.9 Å². The Balaban J connectivity index is 1.38. The molecule has 2 aliphatic rings. The number of benzene rings is 1. The molecule has 8 heteroatoms. The van der Waals surface area contributed by atoms with Crippen molar-refractivity contribution >= 4 is 34.2 Å². The van der Waals surface area contributed by atoms with Crippen LogP contribution in [0.5, 0.6) is 0 Å². The molecule has 1 amide bonds. The number of fused-ring (bicyclic) bond motifs is 1. The van der Waals surface area contributed by atoms with Gasteiger partial charge in [-0.1, -0.05) is 6.07 Å². The molecule has 1 aromatic carbocycles. The maximum Gasteiger partial charge on any atom is 0.255 e. The Morgan fingerprint density at radius 2 is 2.00 bits per heavy atom.